The van der Waals surface area contributed by atoms with Gasteiger partial charge in [0.25, 0.3) is 5.24 Å². The van der Waals surface area contributed by atoms with Crippen molar-refractivity contribution in [2.24, 2.45) is 0 Å². The summed E-state index contributed by atoms with van der Waals surface area (Å²) < 4.78 is 0. The van der Waals surface area contributed by atoms with Crippen molar-refractivity contribution < 1.29 is 14.4 Å². The number of anilines is 1. The summed E-state index contributed by atoms with van der Waals surface area (Å²) in [6, 6.07) is 14.1. The lowest BCUT2D eigenvalue weighted by Crippen LogP contribution is -2.33. The van der Waals surface area contributed by atoms with Crippen LogP contribution in [-0.4, -0.2) is 39.8 Å². The Balaban J connectivity index is 1.61. The molecule has 28 heavy (non-hydrogen) atoms. The number of thioether (sulfide) groups is 1. The quantitative estimate of drug-likeness (QED) is 0.761. The SMILES string of the molecule is CC(c1cccc(Cl)c1)N(C)C(=O)Nc1ccc(CN2C(=O)CSC2=O)cc1. The second-order valence-corrected chi connectivity index (χ2v) is 7.87. The Kier molecular flexibility index (Phi) is 6.26. The molecule has 1 atom stereocenters. The highest BCUT2D eigenvalue weighted by Crippen LogP contribution is 2.24. The van der Waals surface area contributed by atoms with Crippen molar-refractivity contribution >= 4 is 46.2 Å². The number of amides is 4. The minimum absolute atomic E-state index is 0.150. The summed E-state index contributed by atoms with van der Waals surface area (Å²) in [6.45, 7) is 2.17. The van der Waals surface area contributed by atoms with Crippen molar-refractivity contribution in [3.63, 3.8) is 0 Å². The molecule has 2 aromatic carbocycles. The first-order chi connectivity index (χ1) is 13.3. The van der Waals surface area contributed by atoms with Crippen LogP contribution in [0.3, 0.4) is 0 Å². The van der Waals surface area contributed by atoms with E-state index in [0.717, 1.165) is 22.9 Å². The molecule has 0 saturated carbocycles. The fraction of sp³-hybridized carbons (Fsp3) is 0.250. The van der Waals surface area contributed by atoms with Crippen LogP contribution in [0.2, 0.25) is 5.02 Å². The molecule has 1 saturated heterocycles. The molecule has 1 fully saturated rings. The van der Waals surface area contributed by atoms with Gasteiger partial charge in [-0.05, 0) is 42.3 Å². The highest BCUT2D eigenvalue weighted by atomic mass is 35.5. The highest BCUT2D eigenvalue weighted by Gasteiger charge is 2.29. The minimum atomic E-state index is -0.249. The van der Waals surface area contributed by atoms with Crippen LogP contribution in [0.1, 0.15) is 24.1 Å². The van der Waals surface area contributed by atoms with E-state index in [4.69, 9.17) is 11.6 Å². The van der Waals surface area contributed by atoms with Gasteiger partial charge in [0.2, 0.25) is 5.91 Å². The summed E-state index contributed by atoms with van der Waals surface area (Å²) in [5, 5.41) is 3.25. The van der Waals surface area contributed by atoms with Crippen LogP contribution in [0.15, 0.2) is 48.5 Å². The number of nitrogens with zero attached hydrogens (tertiary/aromatic N) is 2. The third-order valence-electron chi connectivity index (χ3n) is 4.62. The number of halogens is 1. The predicted molar refractivity (Wildman–Crippen MR) is 111 cm³/mol. The van der Waals surface area contributed by atoms with E-state index >= 15 is 0 Å². The summed E-state index contributed by atoms with van der Waals surface area (Å²) in [5.41, 5.74) is 2.40. The topological polar surface area (TPSA) is 69.7 Å². The standard InChI is InChI=1S/C20H20ClN3O3S/c1-13(15-4-3-5-16(21)10-15)23(2)19(26)22-17-8-6-14(7-9-17)11-24-18(25)12-28-20(24)27/h3-10,13H,11-12H2,1-2H3,(H,22,26). The first kappa shape index (κ1) is 20.2. The van der Waals surface area contributed by atoms with Crippen molar-refractivity contribution in [3.05, 3.63) is 64.7 Å². The average Bonchev–Trinajstić information content (AvgIpc) is 3.00. The maximum atomic E-state index is 12.5. The van der Waals surface area contributed by atoms with Gasteiger partial charge in [0.15, 0.2) is 0 Å². The number of carbonyl (C=O) groups is 3. The maximum Gasteiger partial charge on any atom is 0.322 e. The molecule has 0 spiro atoms. The van der Waals surface area contributed by atoms with Crippen molar-refractivity contribution in [1.82, 2.24) is 9.80 Å². The number of carbonyl (C=O) groups excluding carboxylic acids is 3. The van der Waals surface area contributed by atoms with Crippen molar-refractivity contribution in [2.75, 3.05) is 18.1 Å². The zero-order valence-corrected chi connectivity index (χ0v) is 17.1. The molecule has 0 radical (unpaired) electrons. The van der Waals surface area contributed by atoms with Crippen LogP contribution in [0, 0.1) is 0 Å². The summed E-state index contributed by atoms with van der Waals surface area (Å²) in [7, 11) is 1.72. The van der Waals surface area contributed by atoms with E-state index in [1.165, 1.54) is 4.90 Å². The number of nitrogens with one attached hydrogen (secondary N) is 1. The first-order valence-corrected chi connectivity index (χ1v) is 10.1. The number of hydrogen-bond acceptors (Lipinski definition) is 4. The van der Waals surface area contributed by atoms with Crippen LogP contribution < -0.4 is 5.32 Å². The van der Waals surface area contributed by atoms with Crippen LogP contribution in [-0.2, 0) is 11.3 Å². The van der Waals surface area contributed by atoms with Crippen LogP contribution >= 0.6 is 23.4 Å². The molecule has 6 nitrogen and oxygen atoms in total. The van der Waals surface area contributed by atoms with Gasteiger partial charge < -0.3 is 10.2 Å². The molecule has 1 heterocycles. The molecule has 1 aliphatic rings. The number of imide groups is 1. The van der Waals surface area contributed by atoms with Gasteiger partial charge in [-0.15, -0.1) is 0 Å². The van der Waals surface area contributed by atoms with Gasteiger partial charge in [-0.3, -0.25) is 14.5 Å². The molecule has 8 heteroatoms. The molecule has 0 aromatic heterocycles. The molecule has 0 aliphatic carbocycles. The smallest absolute Gasteiger partial charge is 0.321 e. The second kappa shape index (κ2) is 8.67. The van der Waals surface area contributed by atoms with E-state index in [-0.39, 0.29) is 35.5 Å². The van der Waals surface area contributed by atoms with E-state index in [1.54, 1.807) is 42.3 Å². The molecular formula is C20H20ClN3O3S. The second-order valence-electron chi connectivity index (χ2n) is 6.50. The van der Waals surface area contributed by atoms with Crippen LogP contribution in [0.25, 0.3) is 0 Å². The number of hydrogen-bond donors (Lipinski definition) is 1. The van der Waals surface area contributed by atoms with E-state index in [9.17, 15) is 14.4 Å². The van der Waals surface area contributed by atoms with Crippen LogP contribution in [0.5, 0.6) is 0 Å². The Morgan fingerprint density at radius 3 is 2.57 bits per heavy atom. The summed E-state index contributed by atoms with van der Waals surface area (Å²) >= 11 is 7.05. The maximum absolute atomic E-state index is 12.5. The number of benzene rings is 2. The summed E-state index contributed by atoms with van der Waals surface area (Å²) in [5.74, 6) is 0.0217. The summed E-state index contributed by atoms with van der Waals surface area (Å²) in [4.78, 5) is 38.7. The predicted octanol–water partition coefficient (Wildman–Crippen LogP) is 4.76. The van der Waals surface area contributed by atoms with E-state index < -0.39 is 0 Å². The molecule has 2 aromatic rings. The van der Waals surface area contributed by atoms with Gasteiger partial charge in [0, 0.05) is 17.8 Å². The Morgan fingerprint density at radius 2 is 1.96 bits per heavy atom. The monoisotopic (exact) mass is 417 g/mol. The Hall–Kier alpha value is -2.51. The molecular weight excluding hydrogens is 398 g/mol. The zero-order chi connectivity index (χ0) is 20.3. The molecule has 146 valence electrons. The molecule has 1 N–H and O–H groups in total. The molecule has 1 unspecified atom stereocenters. The van der Waals surface area contributed by atoms with Crippen LogP contribution in [0.4, 0.5) is 15.3 Å². The summed E-state index contributed by atoms with van der Waals surface area (Å²) in [6.07, 6.45) is 0. The molecule has 3 rings (SSSR count). The number of rotatable bonds is 5. The third kappa shape index (κ3) is 4.66. The lowest BCUT2D eigenvalue weighted by Gasteiger charge is -2.25. The average molecular weight is 418 g/mol. The minimum Gasteiger partial charge on any atom is -0.321 e. The lowest BCUT2D eigenvalue weighted by molar-refractivity contribution is -0.125. The Morgan fingerprint density at radius 1 is 1.25 bits per heavy atom. The van der Waals surface area contributed by atoms with Gasteiger partial charge in [-0.1, -0.05) is 47.6 Å². The zero-order valence-electron chi connectivity index (χ0n) is 15.5. The Bertz CT molecular complexity index is 888. The third-order valence-corrected chi connectivity index (χ3v) is 5.71. The number of urea groups is 1. The lowest BCUT2D eigenvalue weighted by atomic mass is 10.1. The molecule has 0 bridgehead atoms. The molecule has 4 amide bonds. The van der Waals surface area contributed by atoms with Gasteiger partial charge in [0.05, 0.1) is 18.3 Å². The Labute approximate surface area is 172 Å². The van der Waals surface area contributed by atoms with E-state index in [0.29, 0.717) is 10.7 Å². The van der Waals surface area contributed by atoms with Gasteiger partial charge in [0.1, 0.15) is 0 Å². The fourth-order valence-corrected chi connectivity index (χ4v) is 3.71. The highest BCUT2D eigenvalue weighted by molar-refractivity contribution is 8.14. The van der Waals surface area contributed by atoms with Gasteiger partial charge in [-0.2, -0.15) is 0 Å². The van der Waals surface area contributed by atoms with Crippen molar-refractivity contribution in [2.45, 2.75) is 19.5 Å². The first-order valence-electron chi connectivity index (χ1n) is 8.70. The fourth-order valence-electron chi connectivity index (χ4n) is 2.79. The van der Waals surface area contributed by atoms with Gasteiger partial charge in [-0.25, -0.2) is 4.79 Å². The van der Waals surface area contributed by atoms with Crippen molar-refractivity contribution in [1.29, 1.82) is 0 Å². The van der Waals surface area contributed by atoms with Gasteiger partial charge >= 0.3 is 6.03 Å². The van der Waals surface area contributed by atoms with E-state index in [1.807, 2.05) is 25.1 Å². The molecule has 1 aliphatic heterocycles. The van der Waals surface area contributed by atoms with E-state index in [2.05, 4.69) is 5.32 Å². The normalized spacial score (nSPS) is 14.9. The largest absolute Gasteiger partial charge is 0.322 e. The van der Waals surface area contributed by atoms with Crippen molar-refractivity contribution in [3.8, 4) is 0 Å².